The van der Waals surface area contributed by atoms with Gasteiger partial charge in [0.25, 0.3) is 5.91 Å². The number of carbonyl (C=O) groups is 2. The van der Waals surface area contributed by atoms with Crippen molar-refractivity contribution in [3.8, 4) is 0 Å². The van der Waals surface area contributed by atoms with Gasteiger partial charge in [-0.05, 0) is 29.4 Å². The van der Waals surface area contributed by atoms with Crippen LogP contribution in [0.5, 0.6) is 0 Å². The second-order valence-electron chi connectivity index (χ2n) is 8.06. The predicted molar refractivity (Wildman–Crippen MR) is 106 cm³/mol. The molecule has 2 heterocycles. The Morgan fingerprint density at radius 3 is 2.48 bits per heavy atom. The third kappa shape index (κ3) is 5.16. The Kier molecular flexibility index (Phi) is 6.26. The lowest BCUT2D eigenvalue weighted by Crippen LogP contribution is -2.39. The third-order valence-corrected chi connectivity index (χ3v) is 5.37. The molecule has 3 rings (SSSR count). The maximum absolute atomic E-state index is 12.4. The zero-order valence-electron chi connectivity index (χ0n) is 16.6. The van der Waals surface area contributed by atoms with Crippen molar-refractivity contribution in [1.29, 1.82) is 0 Å². The van der Waals surface area contributed by atoms with Crippen molar-refractivity contribution in [3.05, 3.63) is 35.4 Å². The summed E-state index contributed by atoms with van der Waals surface area (Å²) >= 11 is 0. The molecule has 2 aliphatic rings. The van der Waals surface area contributed by atoms with Crippen LogP contribution in [0.3, 0.4) is 0 Å². The van der Waals surface area contributed by atoms with Crippen LogP contribution in [0.25, 0.3) is 0 Å². The van der Waals surface area contributed by atoms with Gasteiger partial charge in [0.2, 0.25) is 5.91 Å². The summed E-state index contributed by atoms with van der Waals surface area (Å²) < 4.78 is 0. The van der Waals surface area contributed by atoms with Gasteiger partial charge in [-0.25, -0.2) is 5.01 Å². The van der Waals surface area contributed by atoms with E-state index in [0.717, 1.165) is 37.0 Å². The number of rotatable bonds is 5. The first-order valence-electron chi connectivity index (χ1n) is 9.83. The molecule has 0 aromatic heterocycles. The SMILES string of the molecule is C[C@H]1C[C@H](C)CN(Cc2ccccc2CNC(=O)C2=NN(C)C(=O)CC2)C1. The standard InChI is InChI=1S/C21H30N4O2/c1-15-10-16(2)13-25(12-15)14-18-7-5-4-6-17(18)11-22-21(27)19-8-9-20(26)24(3)23-19/h4-7,15-16H,8-14H2,1-3H3,(H,22,27)/t15-,16-/m0/s1. The number of nitrogens with zero attached hydrogens (tertiary/aromatic N) is 3. The van der Waals surface area contributed by atoms with Crippen LogP contribution in [0.4, 0.5) is 0 Å². The Balaban J connectivity index is 1.62. The van der Waals surface area contributed by atoms with Crippen molar-refractivity contribution < 1.29 is 9.59 Å². The molecule has 1 N–H and O–H groups in total. The number of piperidine rings is 1. The Labute approximate surface area is 161 Å². The van der Waals surface area contributed by atoms with Crippen molar-refractivity contribution in [3.63, 3.8) is 0 Å². The Morgan fingerprint density at radius 2 is 1.81 bits per heavy atom. The second kappa shape index (κ2) is 8.65. The number of carbonyl (C=O) groups excluding carboxylic acids is 2. The minimum absolute atomic E-state index is 0.0538. The zero-order valence-corrected chi connectivity index (χ0v) is 16.6. The topological polar surface area (TPSA) is 65.0 Å². The number of nitrogens with one attached hydrogen (secondary N) is 1. The van der Waals surface area contributed by atoms with Crippen molar-refractivity contribution in [2.75, 3.05) is 20.1 Å². The fourth-order valence-electron chi connectivity index (χ4n) is 4.16. The average molecular weight is 370 g/mol. The van der Waals surface area contributed by atoms with Crippen LogP contribution in [0, 0.1) is 11.8 Å². The first kappa shape index (κ1) is 19.5. The highest BCUT2D eigenvalue weighted by Gasteiger charge is 2.23. The van der Waals surface area contributed by atoms with E-state index in [0.29, 0.717) is 25.1 Å². The van der Waals surface area contributed by atoms with E-state index >= 15 is 0 Å². The lowest BCUT2D eigenvalue weighted by molar-refractivity contribution is -0.130. The van der Waals surface area contributed by atoms with E-state index in [-0.39, 0.29) is 11.8 Å². The molecule has 0 radical (unpaired) electrons. The molecule has 0 unspecified atom stereocenters. The maximum Gasteiger partial charge on any atom is 0.267 e. The Hall–Kier alpha value is -2.21. The van der Waals surface area contributed by atoms with Gasteiger partial charge >= 0.3 is 0 Å². The molecule has 6 nitrogen and oxygen atoms in total. The van der Waals surface area contributed by atoms with Gasteiger partial charge in [0.05, 0.1) is 0 Å². The Bertz CT molecular complexity index is 721. The van der Waals surface area contributed by atoms with E-state index in [9.17, 15) is 9.59 Å². The van der Waals surface area contributed by atoms with Gasteiger partial charge in [0.1, 0.15) is 5.71 Å². The molecule has 0 spiro atoms. The van der Waals surface area contributed by atoms with Gasteiger partial charge in [-0.15, -0.1) is 0 Å². The number of amides is 2. The number of hydrogen-bond donors (Lipinski definition) is 1. The molecule has 1 fully saturated rings. The summed E-state index contributed by atoms with van der Waals surface area (Å²) in [5, 5.41) is 8.32. The molecule has 0 bridgehead atoms. The van der Waals surface area contributed by atoms with Gasteiger partial charge in [-0.3, -0.25) is 14.5 Å². The van der Waals surface area contributed by atoms with Crippen LogP contribution >= 0.6 is 0 Å². The molecule has 6 heteroatoms. The highest BCUT2D eigenvalue weighted by atomic mass is 16.2. The van der Waals surface area contributed by atoms with Crippen molar-refractivity contribution in [2.45, 2.75) is 46.2 Å². The molecule has 27 heavy (non-hydrogen) atoms. The summed E-state index contributed by atoms with van der Waals surface area (Å²) in [5.41, 5.74) is 2.82. The van der Waals surface area contributed by atoms with E-state index in [4.69, 9.17) is 0 Å². The summed E-state index contributed by atoms with van der Waals surface area (Å²) in [5.74, 6) is 1.21. The summed E-state index contributed by atoms with van der Waals surface area (Å²) in [6.45, 7) is 8.29. The summed E-state index contributed by atoms with van der Waals surface area (Å²) in [6.07, 6.45) is 2.04. The van der Waals surface area contributed by atoms with Crippen LogP contribution in [-0.4, -0.2) is 47.6 Å². The number of hydrazone groups is 1. The first-order chi connectivity index (χ1) is 12.9. The lowest BCUT2D eigenvalue weighted by Gasteiger charge is -2.35. The monoisotopic (exact) mass is 370 g/mol. The highest BCUT2D eigenvalue weighted by Crippen LogP contribution is 2.23. The fourth-order valence-corrected chi connectivity index (χ4v) is 4.16. The van der Waals surface area contributed by atoms with Crippen molar-refractivity contribution in [2.24, 2.45) is 16.9 Å². The van der Waals surface area contributed by atoms with E-state index in [1.54, 1.807) is 7.05 Å². The molecular weight excluding hydrogens is 340 g/mol. The summed E-state index contributed by atoms with van der Waals surface area (Å²) in [6, 6.07) is 8.29. The molecule has 1 aromatic rings. The average Bonchev–Trinajstić information content (AvgIpc) is 2.62. The summed E-state index contributed by atoms with van der Waals surface area (Å²) in [4.78, 5) is 26.4. The molecule has 0 aliphatic carbocycles. The molecule has 2 atom stereocenters. The number of benzene rings is 1. The van der Waals surface area contributed by atoms with Gasteiger partial charge < -0.3 is 5.32 Å². The van der Waals surface area contributed by atoms with Crippen LogP contribution < -0.4 is 5.32 Å². The predicted octanol–water partition coefficient (Wildman–Crippen LogP) is 2.39. The molecule has 2 amide bonds. The minimum atomic E-state index is -0.190. The first-order valence-corrected chi connectivity index (χ1v) is 9.83. The molecule has 146 valence electrons. The Morgan fingerprint density at radius 1 is 1.15 bits per heavy atom. The van der Waals surface area contributed by atoms with E-state index in [2.05, 4.69) is 47.4 Å². The molecule has 1 saturated heterocycles. The second-order valence-corrected chi connectivity index (χ2v) is 8.06. The van der Waals surface area contributed by atoms with Crippen molar-refractivity contribution >= 4 is 17.5 Å². The van der Waals surface area contributed by atoms with Crippen LogP contribution in [0.2, 0.25) is 0 Å². The molecule has 2 aliphatic heterocycles. The number of likely N-dealkylation sites (tertiary alicyclic amines) is 1. The van der Waals surface area contributed by atoms with Crippen LogP contribution in [0.15, 0.2) is 29.4 Å². The highest BCUT2D eigenvalue weighted by molar-refractivity contribution is 6.39. The fraction of sp³-hybridized carbons (Fsp3) is 0.571. The van der Waals surface area contributed by atoms with E-state index in [1.807, 2.05) is 6.07 Å². The molecule has 0 saturated carbocycles. The maximum atomic E-state index is 12.4. The van der Waals surface area contributed by atoms with Crippen molar-refractivity contribution in [1.82, 2.24) is 15.2 Å². The summed E-state index contributed by atoms with van der Waals surface area (Å²) in [7, 11) is 1.59. The van der Waals surface area contributed by atoms with Crippen LogP contribution in [0.1, 0.15) is 44.2 Å². The third-order valence-electron chi connectivity index (χ3n) is 5.37. The molecule has 1 aromatic carbocycles. The van der Waals surface area contributed by atoms with E-state index in [1.165, 1.54) is 17.0 Å². The lowest BCUT2D eigenvalue weighted by atomic mass is 9.91. The van der Waals surface area contributed by atoms with Crippen LogP contribution in [-0.2, 0) is 22.7 Å². The largest absolute Gasteiger partial charge is 0.347 e. The van der Waals surface area contributed by atoms with Gasteiger partial charge in [0, 0.05) is 46.1 Å². The zero-order chi connectivity index (χ0) is 19.4. The quantitative estimate of drug-likeness (QED) is 0.865. The number of hydrogen-bond acceptors (Lipinski definition) is 4. The van der Waals surface area contributed by atoms with Gasteiger partial charge in [-0.1, -0.05) is 38.1 Å². The van der Waals surface area contributed by atoms with E-state index < -0.39 is 0 Å². The normalized spacial score (nSPS) is 23.9. The smallest absolute Gasteiger partial charge is 0.267 e. The van der Waals surface area contributed by atoms with Gasteiger partial charge in [0.15, 0.2) is 0 Å². The van der Waals surface area contributed by atoms with Gasteiger partial charge in [-0.2, -0.15) is 5.10 Å². The minimum Gasteiger partial charge on any atom is -0.347 e. The molecular formula is C21H30N4O2.